The molecule has 6 heteroatoms. The highest BCUT2D eigenvalue weighted by molar-refractivity contribution is 5.30. The second-order valence-electron chi connectivity index (χ2n) is 9.57. The van der Waals surface area contributed by atoms with Crippen LogP contribution >= 0.6 is 0 Å². The molecule has 0 aliphatic heterocycles. The maximum Gasteiger partial charge on any atom is 0.499 e. The highest BCUT2D eigenvalue weighted by atomic mass is 19.4. The zero-order valence-corrected chi connectivity index (χ0v) is 18.4. The summed E-state index contributed by atoms with van der Waals surface area (Å²) < 4.78 is 66.9. The molecule has 0 N–H and O–H groups in total. The molecule has 0 atom stereocenters. The van der Waals surface area contributed by atoms with Gasteiger partial charge in [-0.25, -0.2) is 0 Å². The highest BCUT2D eigenvalue weighted by Crippen LogP contribution is 2.45. The number of ether oxygens (including phenoxy) is 1. The summed E-state index contributed by atoms with van der Waals surface area (Å²) in [4.78, 5) is 0. The zero-order chi connectivity index (χ0) is 22.5. The predicted molar refractivity (Wildman–Crippen MR) is 112 cm³/mol. The molecule has 1 nitrogen and oxygen atoms in total. The van der Waals surface area contributed by atoms with Gasteiger partial charge in [-0.1, -0.05) is 57.6 Å². The first-order valence-corrected chi connectivity index (χ1v) is 11.9. The lowest BCUT2D eigenvalue weighted by Crippen LogP contribution is -2.41. The summed E-state index contributed by atoms with van der Waals surface area (Å²) >= 11 is 0. The van der Waals surface area contributed by atoms with E-state index in [0.29, 0.717) is 5.92 Å². The van der Waals surface area contributed by atoms with Gasteiger partial charge in [0.1, 0.15) is 5.75 Å². The van der Waals surface area contributed by atoms with Crippen LogP contribution in [0.25, 0.3) is 0 Å². The number of hydrogen-bond donors (Lipinski definition) is 0. The SMILES string of the molecule is CCCCC[C@H]1CC[C@H](C2CCC(c3ccc(OC(F)(F)C(F)(F)F)cc3)CC2)CC1. The lowest BCUT2D eigenvalue weighted by molar-refractivity contribution is -0.360. The molecule has 0 amide bonds. The molecule has 31 heavy (non-hydrogen) atoms. The van der Waals surface area contributed by atoms with Crippen LogP contribution in [0.4, 0.5) is 22.0 Å². The van der Waals surface area contributed by atoms with E-state index in [4.69, 9.17) is 0 Å². The summed E-state index contributed by atoms with van der Waals surface area (Å²) in [5.74, 6) is 2.42. The Balaban J connectivity index is 1.44. The Hall–Kier alpha value is -1.33. The van der Waals surface area contributed by atoms with Gasteiger partial charge in [-0.2, -0.15) is 22.0 Å². The molecule has 0 unspecified atom stereocenters. The second-order valence-corrected chi connectivity index (χ2v) is 9.57. The van der Waals surface area contributed by atoms with Crippen LogP contribution in [0.3, 0.4) is 0 Å². The van der Waals surface area contributed by atoms with Crippen molar-refractivity contribution >= 4 is 0 Å². The summed E-state index contributed by atoms with van der Waals surface area (Å²) in [5.41, 5.74) is 1.00. The molecule has 2 saturated carbocycles. The van der Waals surface area contributed by atoms with Gasteiger partial charge in [-0.15, -0.1) is 0 Å². The predicted octanol–water partition coefficient (Wildman–Crippen LogP) is 8.88. The van der Waals surface area contributed by atoms with E-state index in [9.17, 15) is 22.0 Å². The Morgan fingerprint density at radius 2 is 1.32 bits per heavy atom. The van der Waals surface area contributed by atoms with Gasteiger partial charge in [0.25, 0.3) is 0 Å². The lowest BCUT2D eigenvalue weighted by atomic mass is 9.68. The molecular weight excluding hydrogens is 411 g/mol. The topological polar surface area (TPSA) is 9.23 Å². The Labute approximate surface area is 182 Å². The lowest BCUT2D eigenvalue weighted by Gasteiger charge is -2.38. The summed E-state index contributed by atoms with van der Waals surface area (Å²) in [6.07, 6.45) is 4.42. The third kappa shape index (κ3) is 6.58. The highest BCUT2D eigenvalue weighted by Gasteiger charge is 2.61. The van der Waals surface area contributed by atoms with E-state index in [-0.39, 0.29) is 0 Å². The fourth-order valence-corrected chi connectivity index (χ4v) is 5.57. The van der Waals surface area contributed by atoms with Crippen LogP contribution in [-0.2, 0) is 0 Å². The van der Waals surface area contributed by atoms with E-state index in [1.807, 2.05) is 0 Å². The van der Waals surface area contributed by atoms with Gasteiger partial charge in [-0.3, -0.25) is 0 Å². The quantitative estimate of drug-likeness (QED) is 0.286. The number of hydrogen-bond acceptors (Lipinski definition) is 1. The van der Waals surface area contributed by atoms with E-state index < -0.39 is 18.0 Å². The monoisotopic (exact) mass is 446 g/mol. The van der Waals surface area contributed by atoms with Crippen LogP contribution in [0.2, 0.25) is 0 Å². The van der Waals surface area contributed by atoms with Crippen LogP contribution in [-0.4, -0.2) is 12.3 Å². The van der Waals surface area contributed by atoms with Crippen molar-refractivity contribution in [1.29, 1.82) is 0 Å². The van der Waals surface area contributed by atoms with Crippen molar-refractivity contribution in [3.8, 4) is 5.75 Å². The Morgan fingerprint density at radius 1 is 0.774 bits per heavy atom. The average Bonchev–Trinajstić information content (AvgIpc) is 2.74. The van der Waals surface area contributed by atoms with Crippen molar-refractivity contribution in [2.24, 2.45) is 17.8 Å². The van der Waals surface area contributed by atoms with Crippen molar-refractivity contribution in [1.82, 2.24) is 0 Å². The standard InChI is InChI=1S/C25H35F5O/c1-2-3-4-5-18-6-8-19(9-7-18)20-10-12-21(13-11-20)22-14-16-23(17-15-22)31-25(29,30)24(26,27)28/h14-21H,2-13H2,1H3/t18-,19-,20?,21?. The van der Waals surface area contributed by atoms with Gasteiger partial charge in [0, 0.05) is 0 Å². The van der Waals surface area contributed by atoms with Crippen LogP contribution in [0.5, 0.6) is 5.75 Å². The van der Waals surface area contributed by atoms with E-state index in [1.165, 1.54) is 76.3 Å². The normalized spacial score (nSPS) is 27.8. The van der Waals surface area contributed by atoms with Gasteiger partial charge >= 0.3 is 12.3 Å². The molecule has 2 aliphatic carbocycles. The molecule has 1 aromatic carbocycles. The second kappa shape index (κ2) is 10.5. The van der Waals surface area contributed by atoms with Crippen molar-refractivity contribution in [3.63, 3.8) is 0 Å². The van der Waals surface area contributed by atoms with Gasteiger partial charge in [0.2, 0.25) is 0 Å². The Kier molecular flexibility index (Phi) is 8.25. The smallest absolute Gasteiger partial charge is 0.426 e. The van der Waals surface area contributed by atoms with Crippen LogP contribution < -0.4 is 4.74 Å². The molecule has 1 aromatic rings. The summed E-state index contributed by atoms with van der Waals surface area (Å²) in [5, 5.41) is 0. The van der Waals surface area contributed by atoms with Gasteiger partial charge < -0.3 is 4.74 Å². The van der Waals surface area contributed by atoms with E-state index in [0.717, 1.165) is 36.2 Å². The van der Waals surface area contributed by atoms with Crippen molar-refractivity contribution < 1.29 is 26.7 Å². The van der Waals surface area contributed by atoms with Crippen LogP contribution in [0, 0.1) is 17.8 Å². The average molecular weight is 447 g/mol. The van der Waals surface area contributed by atoms with Crippen molar-refractivity contribution in [2.75, 3.05) is 0 Å². The Bertz CT molecular complexity index is 653. The van der Waals surface area contributed by atoms with Crippen molar-refractivity contribution in [3.05, 3.63) is 29.8 Å². The number of rotatable bonds is 8. The number of halogens is 5. The molecule has 0 bridgehead atoms. The first-order valence-electron chi connectivity index (χ1n) is 11.9. The van der Waals surface area contributed by atoms with Crippen LogP contribution in [0.15, 0.2) is 24.3 Å². The molecular formula is C25H35F5O. The fourth-order valence-electron chi connectivity index (χ4n) is 5.57. The molecule has 0 aromatic heterocycles. The van der Waals surface area contributed by atoms with E-state index in [1.54, 1.807) is 12.1 Å². The largest absolute Gasteiger partial charge is 0.499 e. The van der Waals surface area contributed by atoms with E-state index >= 15 is 0 Å². The minimum Gasteiger partial charge on any atom is -0.426 e. The first-order chi connectivity index (χ1) is 14.7. The van der Waals surface area contributed by atoms with Gasteiger partial charge in [0.05, 0.1) is 0 Å². The molecule has 2 aliphatic rings. The first kappa shape index (κ1) is 24.3. The minimum absolute atomic E-state index is 0.346. The third-order valence-electron chi connectivity index (χ3n) is 7.47. The molecule has 0 saturated heterocycles. The maximum atomic E-state index is 13.0. The molecule has 3 rings (SSSR count). The molecule has 0 radical (unpaired) electrons. The Morgan fingerprint density at radius 3 is 1.84 bits per heavy atom. The molecule has 176 valence electrons. The van der Waals surface area contributed by atoms with Crippen LogP contribution in [0.1, 0.15) is 95.5 Å². The van der Waals surface area contributed by atoms with Gasteiger partial charge in [-0.05, 0) is 79.9 Å². The summed E-state index contributed by atoms with van der Waals surface area (Å²) in [6, 6.07) is 5.71. The number of unbranched alkanes of at least 4 members (excludes halogenated alkanes) is 2. The fraction of sp³-hybridized carbons (Fsp3) is 0.760. The molecule has 0 spiro atoms. The number of alkyl halides is 5. The van der Waals surface area contributed by atoms with Crippen molar-refractivity contribution in [2.45, 2.75) is 102 Å². The van der Waals surface area contributed by atoms with Gasteiger partial charge in [0.15, 0.2) is 0 Å². The minimum atomic E-state index is -5.72. The zero-order valence-electron chi connectivity index (χ0n) is 18.4. The van der Waals surface area contributed by atoms with E-state index in [2.05, 4.69) is 11.7 Å². The maximum absolute atomic E-state index is 13.0. The number of benzene rings is 1. The third-order valence-corrected chi connectivity index (χ3v) is 7.47. The summed E-state index contributed by atoms with van der Waals surface area (Å²) in [6.45, 7) is 2.25. The molecule has 0 heterocycles. The molecule has 2 fully saturated rings. The summed E-state index contributed by atoms with van der Waals surface area (Å²) in [7, 11) is 0.